The maximum atomic E-state index is 5.47. The maximum Gasteiger partial charge on any atom is 0.148 e. The van der Waals surface area contributed by atoms with E-state index in [-0.39, 0.29) is 0 Å². The zero-order valence-electron chi connectivity index (χ0n) is 10.6. The molecule has 5 nitrogen and oxygen atoms in total. The Morgan fingerprint density at radius 2 is 2.00 bits per heavy atom. The zero-order valence-corrected chi connectivity index (χ0v) is 10.6. The molecule has 1 heterocycles. The van der Waals surface area contributed by atoms with E-state index in [9.17, 15) is 0 Å². The van der Waals surface area contributed by atoms with Crippen LogP contribution in [0.3, 0.4) is 0 Å². The van der Waals surface area contributed by atoms with Gasteiger partial charge in [0.1, 0.15) is 17.5 Å². The van der Waals surface area contributed by atoms with E-state index in [4.69, 9.17) is 5.84 Å². The zero-order chi connectivity index (χ0) is 12.3. The molecule has 0 spiro atoms. The Morgan fingerprint density at radius 1 is 1.29 bits per heavy atom. The molecule has 5 heteroatoms. The lowest BCUT2D eigenvalue weighted by atomic mass is 9.85. The second-order valence-corrected chi connectivity index (χ2v) is 4.64. The summed E-state index contributed by atoms with van der Waals surface area (Å²) in [5.41, 5.74) is 3.62. The molecular weight excluding hydrogens is 214 g/mol. The van der Waals surface area contributed by atoms with Crippen LogP contribution in [0.15, 0.2) is 0 Å². The van der Waals surface area contributed by atoms with Crippen LogP contribution in [-0.4, -0.2) is 16.5 Å². The maximum absolute atomic E-state index is 5.47. The number of hydrogen-bond donors (Lipinski definition) is 3. The summed E-state index contributed by atoms with van der Waals surface area (Å²) < 4.78 is 0. The first-order chi connectivity index (χ1) is 8.24. The fourth-order valence-electron chi connectivity index (χ4n) is 1.97. The summed E-state index contributed by atoms with van der Waals surface area (Å²) in [6, 6.07) is 0. The average Bonchev–Trinajstić information content (AvgIpc) is 2.29. The van der Waals surface area contributed by atoms with Crippen molar-refractivity contribution in [2.75, 3.05) is 17.3 Å². The van der Waals surface area contributed by atoms with Gasteiger partial charge in [-0.2, -0.15) is 0 Å². The summed E-state index contributed by atoms with van der Waals surface area (Å²) in [5.74, 6) is 8.73. The average molecular weight is 235 g/mol. The minimum Gasteiger partial charge on any atom is -0.369 e. The van der Waals surface area contributed by atoms with E-state index in [1.54, 1.807) is 0 Å². The number of rotatable bonds is 5. The smallest absolute Gasteiger partial charge is 0.148 e. The Morgan fingerprint density at radius 3 is 2.53 bits per heavy atom. The van der Waals surface area contributed by atoms with E-state index in [2.05, 4.69) is 20.7 Å². The van der Waals surface area contributed by atoms with E-state index in [1.165, 1.54) is 19.3 Å². The highest BCUT2D eigenvalue weighted by molar-refractivity contribution is 5.56. The second-order valence-electron chi connectivity index (χ2n) is 4.64. The van der Waals surface area contributed by atoms with Crippen LogP contribution in [0.25, 0.3) is 0 Å². The van der Waals surface area contributed by atoms with E-state index in [0.29, 0.717) is 5.82 Å². The van der Waals surface area contributed by atoms with Gasteiger partial charge in [0.15, 0.2) is 0 Å². The van der Waals surface area contributed by atoms with Gasteiger partial charge in [0.25, 0.3) is 0 Å². The second kappa shape index (κ2) is 5.31. The van der Waals surface area contributed by atoms with Gasteiger partial charge in [-0.25, -0.2) is 15.8 Å². The number of nitrogen functional groups attached to an aromatic ring is 1. The molecule has 1 aliphatic rings. The SMILES string of the molecule is CCc1nc(NN)c(C)c(NCC2CCC2)n1. The standard InChI is InChI=1S/C12H21N5/c1-3-10-15-11(8(2)12(16-10)17-13)14-7-9-5-4-6-9/h9H,3-7,13H2,1-2H3,(H2,14,15,16,17). The normalized spacial score (nSPS) is 15.5. The van der Waals surface area contributed by atoms with Gasteiger partial charge in [0.05, 0.1) is 0 Å². The van der Waals surface area contributed by atoms with Crippen LogP contribution in [0.1, 0.15) is 37.6 Å². The molecule has 0 aromatic carbocycles. The molecule has 0 amide bonds. The molecule has 0 unspecified atom stereocenters. The van der Waals surface area contributed by atoms with Crippen LogP contribution in [0.5, 0.6) is 0 Å². The van der Waals surface area contributed by atoms with Crippen molar-refractivity contribution < 1.29 is 0 Å². The minimum atomic E-state index is 0.716. The Balaban J connectivity index is 2.12. The quantitative estimate of drug-likeness (QED) is 0.536. The summed E-state index contributed by atoms with van der Waals surface area (Å²) >= 11 is 0. The molecule has 0 aliphatic heterocycles. The fourth-order valence-corrected chi connectivity index (χ4v) is 1.97. The van der Waals surface area contributed by atoms with Gasteiger partial charge < -0.3 is 10.7 Å². The van der Waals surface area contributed by atoms with Crippen molar-refractivity contribution in [2.45, 2.75) is 39.5 Å². The summed E-state index contributed by atoms with van der Waals surface area (Å²) in [7, 11) is 0. The number of aromatic nitrogens is 2. The number of nitrogens with zero attached hydrogens (tertiary/aromatic N) is 2. The van der Waals surface area contributed by atoms with Crippen molar-refractivity contribution in [2.24, 2.45) is 11.8 Å². The van der Waals surface area contributed by atoms with Crippen molar-refractivity contribution >= 4 is 11.6 Å². The predicted molar refractivity (Wildman–Crippen MR) is 69.8 cm³/mol. The van der Waals surface area contributed by atoms with Crippen LogP contribution >= 0.6 is 0 Å². The monoisotopic (exact) mass is 235 g/mol. The molecule has 1 aliphatic carbocycles. The lowest BCUT2D eigenvalue weighted by Crippen LogP contribution is -2.22. The van der Waals surface area contributed by atoms with E-state index in [1.807, 2.05) is 13.8 Å². The Hall–Kier alpha value is -1.36. The van der Waals surface area contributed by atoms with Crippen molar-refractivity contribution in [3.8, 4) is 0 Å². The summed E-state index contributed by atoms with van der Waals surface area (Å²) in [5, 5.41) is 3.42. The van der Waals surface area contributed by atoms with Crippen molar-refractivity contribution in [1.82, 2.24) is 9.97 Å². The van der Waals surface area contributed by atoms with E-state index >= 15 is 0 Å². The minimum absolute atomic E-state index is 0.716. The Bertz CT molecular complexity index is 387. The molecular formula is C12H21N5. The first-order valence-corrected chi connectivity index (χ1v) is 6.32. The van der Waals surface area contributed by atoms with Crippen LogP contribution in [0.2, 0.25) is 0 Å². The summed E-state index contributed by atoms with van der Waals surface area (Å²) in [6.07, 6.45) is 4.84. The van der Waals surface area contributed by atoms with Crippen molar-refractivity contribution in [3.63, 3.8) is 0 Å². The van der Waals surface area contributed by atoms with Gasteiger partial charge >= 0.3 is 0 Å². The molecule has 0 radical (unpaired) electrons. The third-order valence-electron chi connectivity index (χ3n) is 3.43. The molecule has 1 fully saturated rings. The Kier molecular flexibility index (Phi) is 3.78. The van der Waals surface area contributed by atoms with Gasteiger partial charge in [-0.1, -0.05) is 13.3 Å². The number of hydrogen-bond acceptors (Lipinski definition) is 5. The van der Waals surface area contributed by atoms with Crippen LogP contribution in [-0.2, 0) is 6.42 Å². The van der Waals surface area contributed by atoms with E-state index < -0.39 is 0 Å². The van der Waals surface area contributed by atoms with Gasteiger partial charge in [-0.15, -0.1) is 0 Å². The fraction of sp³-hybridized carbons (Fsp3) is 0.667. The molecule has 0 bridgehead atoms. The van der Waals surface area contributed by atoms with Gasteiger partial charge in [-0.05, 0) is 25.7 Å². The number of nitrogens with one attached hydrogen (secondary N) is 2. The van der Waals surface area contributed by atoms with Crippen LogP contribution < -0.4 is 16.6 Å². The molecule has 1 saturated carbocycles. The van der Waals surface area contributed by atoms with Crippen molar-refractivity contribution in [3.05, 3.63) is 11.4 Å². The lowest BCUT2D eigenvalue weighted by Gasteiger charge is -2.26. The first kappa shape index (κ1) is 12.1. The van der Waals surface area contributed by atoms with Gasteiger partial charge in [-0.3, -0.25) is 0 Å². The van der Waals surface area contributed by atoms with Crippen LogP contribution in [0.4, 0.5) is 11.6 Å². The molecule has 17 heavy (non-hydrogen) atoms. The molecule has 2 rings (SSSR count). The highest BCUT2D eigenvalue weighted by Gasteiger charge is 2.18. The molecule has 0 saturated heterocycles. The number of aryl methyl sites for hydroxylation is 1. The van der Waals surface area contributed by atoms with E-state index in [0.717, 1.165) is 36.1 Å². The third-order valence-corrected chi connectivity index (χ3v) is 3.43. The first-order valence-electron chi connectivity index (χ1n) is 6.32. The lowest BCUT2D eigenvalue weighted by molar-refractivity contribution is 0.333. The Labute approximate surface area is 102 Å². The predicted octanol–water partition coefficient (Wildman–Crippen LogP) is 1.85. The highest BCUT2D eigenvalue weighted by Crippen LogP contribution is 2.27. The topological polar surface area (TPSA) is 75.9 Å². The number of nitrogens with two attached hydrogens (primary N) is 1. The van der Waals surface area contributed by atoms with Crippen LogP contribution in [0, 0.1) is 12.8 Å². The number of hydrazine groups is 1. The molecule has 1 aromatic heterocycles. The molecule has 94 valence electrons. The molecule has 0 atom stereocenters. The third kappa shape index (κ3) is 2.66. The molecule has 1 aromatic rings. The number of anilines is 2. The largest absolute Gasteiger partial charge is 0.369 e. The van der Waals surface area contributed by atoms with Crippen molar-refractivity contribution in [1.29, 1.82) is 0 Å². The highest BCUT2D eigenvalue weighted by atomic mass is 15.3. The van der Waals surface area contributed by atoms with Gasteiger partial charge in [0, 0.05) is 18.5 Å². The van der Waals surface area contributed by atoms with Gasteiger partial charge in [0.2, 0.25) is 0 Å². The summed E-state index contributed by atoms with van der Waals surface area (Å²) in [4.78, 5) is 8.86. The summed E-state index contributed by atoms with van der Waals surface area (Å²) in [6.45, 7) is 5.03. The molecule has 4 N–H and O–H groups in total.